The van der Waals surface area contributed by atoms with Crippen molar-refractivity contribution in [3.63, 3.8) is 0 Å². The summed E-state index contributed by atoms with van der Waals surface area (Å²) in [7, 11) is 1.79. The third-order valence-corrected chi connectivity index (χ3v) is 3.84. The maximum atomic E-state index is 14.4. The number of amides is 1. The number of nitrogens with zero attached hydrogens (tertiary/aromatic N) is 3. The van der Waals surface area contributed by atoms with Gasteiger partial charge in [0.15, 0.2) is 0 Å². The number of rotatable bonds is 4. The van der Waals surface area contributed by atoms with Gasteiger partial charge in [0.1, 0.15) is 11.7 Å². The summed E-state index contributed by atoms with van der Waals surface area (Å²) < 4.78 is 16.1. The van der Waals surface area contributed by atoms with Crippen LogP contribution in [-0.4, -0.2) is 31.8 Å². The molecule has 2 N–H and O–H groups in total. The molecule has 3 rings (SSSR count). The molecule has 1 aromatic carbocycles. The summed E-state index contributed by atoms with van der Waals surface area (Å²) in [5, 5.41) is 13.6. The van der Waals surface area contributed by atoms with Gasteiger partial charge in [0.2, 0.25) is 5.91 Å². The van der Waals surface area contributed by atoms with Gasteiger partial charge < -0.3 is 5.32 Å². The Morgan fingerprint density at radius 3 is 2.83 bits per heavy atom. The molecule has 0 unspecified atom stereocenters. The van der Waals surface area contributed by atoms with Crippen LogP contribution in [0.15, 0.2) is 30.6 Å². The van der Waals surface area contributed by atoms with Crippen LogP contribution in [0.2, 0.25) is 5.02 Å². The lowest BCUT2D eigenvalue weighted by atomic mass is 10.1. The Balaban J connectivity index is 1.95. The Labute approximate surface area is 146 Å². The number of benzene rings is 1. The minimum absolute atomic E-state index is 0.140. The van der Waals surface area contributed by atoms with Gasteiger partial charge in [0.05, 0.1) is 28.2 Å². The molecule has 0 radical (unpaired) electrons. The lowest BCUT2D eigenvalue weighted by Gasteiger charge is -2.08. The van der Waals surface area contributed by atoms with Crippen LogP contribution in [-0.2, 0) is 11.8 Å². The zero-order valence-corrected chi connectivity index (χ0v) is 14.0. The molecule has 6 nitrogen and oxygen atoms in total. The van der Waals surface area contributed by atoms with E-state index in [0.717, 1.165) is 5.56 Å². The van der Waals surface area contributed by atoms with E-state index < -0.39 is 11.7 Å². The number of anilines is 1. The molecular weight excluding hydrogens is 356 g/mol. The monoisotopic (exact) mass is 367 g/mol. The first-order valence-corrected chi connectivity index (χ1v) is 7.79. The molecule has 0 spiro atoms. The average Bonchev–Trinajstić information content (AvgIpc) is 3.15. The van der Waals surface area contributed by atoms with Crippen molar-refractivity contribution in [1.82, 2.24) is 20.0 Å². The minimum atomic E-state index is -0.589. The van der Waals surface area contributed by atoms with E-state index >= 15 is 0 Å². The number of H-pyrrole nitrogens is 1. The van der Waals surface area contributed by atoms with E-state index in [0.29, 0.717) is 11.4 Å². The summed E-state index contributed by atoms with van der Waals surface area (Å²) in [6, 6.07) is 4.31. The van der Waals surface area contributed by atoms with Gasteiger partial charge in [0.25, 0.3) is 0 Å². The summed E-state index contributed by atoms with van der Waals surface area (Å²) in [6.07, 6.45) is 3.45. The largest absolute Gasteiger partial charge is 0.325 e. The van der Waals surface area contributed by atoms with Crippen LogP contribution in [0.25, 0.3) is 22.5 Å². The fraction of sp³-hybridized carbons (Fsp3) is 0.133. The van der Waals surface area contributed by atoms with E-state index in [4.69, 9.17) is 23.2 Å². The molecule has 1 amide bonds. The molecule has 0 aliphatic rings. The van der Waals surface area contributed by atoms with Gasteiger partial charge in [-0.1, -0.05) is 11.6 Å². The van der Waals surface area contributed by atoms with Crippen molar-refractivity contribution in [1.29, 1.82) is 0 Å². The van der Waals surface area contributed by atoms with Gasteiger partial charge in [-0.15, -0.1) is 11.6 Å². The second-order valence-electron chi connectivity index (χ2n) is 5.07. The highest BCUT2D eigenvalue weighted by Gasteiger charge is 2.16. The standard InChI is InChI=1S/C15H12Cl2FN5O/c1-23-7-8(6-19-23)12-4-13(22-21-12)15-10(17)2-9(3-11(15)18)20-14(24)5-16/h2-4,6-7H,5H2,1H3,(H,20,24)(H,21,22). The summed E-state index contributed by atoms with van der Waals surface area (Å²) in [5.74, 6) is -1.26. The number of aromatic nitrogens is 4. The van der Waals surface area contributed by atoms with Crippen LogP contribution in [0.3, 0.4) is 0 Å². The molecule has 0 saturated carbocycles. The summed E-state index contributed by atoms with van der Waals surface area (Å²) in [4.78, 5) is 11.3. The maximum absolute atomic E-state index is 14.4. The highest BCUT2D eigenvalue weighted by Crippen LogP contribution is 2.34. The number of aryl methyl sites for hydroxylation is 1. The van der Waals surface area contributed by atoms with Crippen molar-refractivity contribution < 1.29 is 9.18 Å². The molecule has 24 heavy (non-hydrogen) atoms. The molecule has 0 bridgehead atoms. The molecule has 9 heteroatoms. The van der Waals surface area contributed by atoms with Crippen LogP contribution in [0.1, 0.15) is 0 Å². The third kappa shape index (κ3) is 3.27. The smallest absolute Gasteiger partial charge is 0.239 e. The Kier molecular flexibility index (Phi) is 4.55. The van der Waals surface area contributed by atoms with Gasteiger partial charge in [-0.05, 0) is 18.2 Å². The second kappa shape index (κ2) is 6.62. The molecule has 0 aliphatic carbocycles. The minimum Gasteiger partial charge on any atom is -0.325 e. The number of aromatic amines is 1. The first-order valence-electron chi connectivity index (χ1n) is 6.87. The quantitative estimate of drug-likeness (QED) is 0.693. The number of hydrogen-bond acceptors (Lipinski definition) is 3. The molecule has 0 aliphatic heterocycles. The van der Waals surface area contributed by atoms with Gasteiger partial charge >= 0.3 is 0 Å². The van der Waals surface area contributed by atoms with Crippen LogP contribution in [0.5, 0.6) is 0 Å². The van der Waals surface area contributed by atoms with Crippen molar-refractivity contribution in [3.05, 3.63) is 41.4 Å². The first kappa shape index (κ1) is 16.5. The van der Waals surface area contributed by atoms with E-state index in [-0.39, 0.29) is 22.2 Å². The summed E-state index contributed by atoms with van der Waals surface area (Å²) in [6.45, 7) is 0. The van der Waals surface area contributed by atoms with Crippen molar-refractivity contribution in [2.24, 2.45) is 7.05 Å². The van der Waals surface area contributed by atoms with Crippen LogP contribution >= 0.6 is 23.2 Å². The molecule has 124 valence electrons. The molecular formula is C15H12Cl2FN5O. The first-order chi connectivity index (χ1) is 11.5. The summed E-state index contributed by atoms with van der Waals surface area (Å²) in [5.41, 5.74) is 2.24. The van der Waals surface area contributed by atoms with Crippen LogP contribution in [0, 0.1) is 5.82 Å². The Hall–Kier alpha value is -2.38. The van der Waals surface area contributed by atoms with Crippen molar-refractivity contribution in [2.75, 3.05) is 11.2 Å². The number of nitrogens with one attached hydrogen (secondary N) is 2. The van der Waals surface area contributed by atoms with Crippen molar-refractivity contribution >= 4 is 34.8 Å². The zero-order valence-electron chi connectivity index (χ0n) is 12.5. The Morgan fingerprint density at radius 1 is 1.42 bits per heavy atom. The fourth-order valence-electron chi connectivity index (χ4n) is 2.25. The van der Waals surface area contributed by atoms with E-state index in [1.807, 2.05) is 0 Å². The van der Waals surface area contributed by atoms with E-state index in [1.165, 1.54) is 12.1 Å². The molecule has 2 heterocycles. The number of alkyl halides is 1. The SMILES string of the molecule is Cn1cc(-c2cc(-c3c(F)cc(NC(=O)CCl)cc3Cl)[nH]n2)cn1. The van der Waals surface area contributed by atoms with E-state index in [9.17, 15) is 9.18 Å². The predicted octanol–water partition coefficient (Wildman–Crippen LogP) is 3.45. The van der Waals surface area contributed by atoms with Crippen LogP contribution < -0.4 is 5.32 Å². The topological polar surface area (TPSA) is 75.6 Å². The predicted molar refractivity (Wildman–Crippen MR) is 90.5 cm³/mol. The third-order valence-electron chi connectivity index (χ3n) is 3.30. The molecule has 0 fully saturated rings. The lowest BCUT2D eigenvalue weighted by Crippen LogP contribution is -2.12. The lowest BCUT2D eigenvalue weighted by molar-refractivity contribution is -0.113. The summed E-state index contributed by atoms with van der Waals surface area (Å²) >= 11 is 11.6. The highest BCUT2D eigenvalue weighted by molar-refractivity contribution is 6.34. The van der Waals surface area contributed by atoms with E-state index in [2.05, 4.69) is 20.6 Å². The fourth-order valence-corrected chi connectivity index (χ4v) is 2.62. The van der Waals surface area contributed by atoms with E-state index in [1.54, 1.807) is 30.2 Å². The van der Waals surface area contributed by atoms with Crippen LogP contribution in [0.4, 0.5) is 10.1 Å². The van der Waals surface area contributed by atoms with Crippen molar-refractivity contribution in [3.8, 4) is 22.5 Å². The Bertz CT molecular complexity index is 882. The molecule has 3 aromatic rings. The Morgan fingerprint density at radius 2 is 2.21 bits per heavy atom. The molecule has 2 aromatic heterocycles. The molecule has 0 saturated heterocycles. The second-order valence-corrected chi connectivity index (χ2v) is 5.74. The normalized spacial score (nSPS) is 10.8. The average molecular weight is 368 g/mol. The zero-order chi connectivity index (χ0) is 17.3. The maximum Gasteiger partial charge on any atom is 0.239 e. The molecule has 0 atom stereocenters. The highest BCUT2D eigenvalue weighted by atomic mass is 35.5. The van der Waals surface area contributed by atoms with Gasteiger partial charge in [-0.25, -0.2) is 4.39 Å². The van der Waals surface area contributed by atoms with Gasteiger partial charge in [-0.2, -0.15) is 10.2 Å². The number of carbonyl (C=O) groups excluding carboxylic acids is 1. The van der Waals surface area contributed by atoms with Crippen molar-refractivity contribution in [2.45, 2.75) is 0 Å². The van der Waals surface area contributed by atoms with Gasteiger partial charge in [0, 0.05) is 24.5 Å². The number of carbonyl (C=O) groups is 1. The number of hydrogen-bond donors (Lipinski definition) is 2. The van der Waals surface area contributed by atoms with Gasteiger partial charge in [-0.3, -0.25) is 14.6 Å². The number of halogens is 3.